The lowest BCUT2D eigenvalue weighted by atomic mass is 9.97. The third kappa shape index (κ3) is 4.94. The topological polar surface area (TPSA) is 80.4 Å². The summed E-state index contributed by atoms with van der Waals surface area (Å²) in [5.41, 5.74) is 4.50. The molecule has 1 saturated carbocycles. The van der Waals surface area contributed by atoms with Gasteiger partial charge in [-0.25, -0.2) is 18.2 Å². The highest BCUT2D eigenvalue weighted by atomic mass is 32.2. The first kappa shape index (κ1) is 24.2. The molecule has 0 bridgehead atoms. The van der Waals surface area contributed by atoms with Crippen molar-refractivity contribution in [1.29, 1.82) is 0 Å². The monoisotopic (exact) mass is 497 g/mol. The van der Waals surface area contributed by atoms with Gasteiger partial charge in [-0.2, -0.15) is 4.31 Å². The second kappa shape index (κ2) is 8.87. The van der Waals surface area contributed by atoms with Gasteiger partial charge in [0.2, 0.25) is 10.0 Å². The molecule has 0 radical (unpaired) electrons. The van der Waals surface area contributed by atoms with Crippen LogP contribution in [0.15, 0.2) is 41.2 Å². The fraction of sp³-hybridized carbons (Fsp3) is 0.538. The van der Waals surface area contributed by atoms with E-state index < -0.39 is 10.0 Å². The molecule has 0 unspecified atom stereocenters. The fourth-order valence-corrected chi connectivity index (χ4v) is 6.69. The lowest BCUT2D eigenvalue weighted by Gasteiger charge is -2.34. The Labute approximate surface area is 207 Å². The number of fused-ring (bicyclic) bond motifs is 1. The Morgan fingerprint density at radius 1 is 1.03 bits per heavy atom. The molecule has 1 aliphatic heterocycles. The fourth-order valence-electron chi connectivity index (χ4n) is 4.87. The van der Waals surface area contributed by atoms with Crippen LogP contribution in [0.25, 0.3) is 22.4 Å². The van der Waals surface area contributed by atoms with Crippen LogP contribution in [0.4, 0.5) is 0 Å². The number of rotatable bonds is 6. The van der Waals surface area contributed by atoms with E-state index >= 15 is 0 Å². The van der Waals surface area contributed by atoms with Crippen LogP contribution in [0, 0.1) is 5.41 Å². The minimum absolute atomic E-state index is 0.0152. The molecule has 2 fully saturated rings. The summed E-state index contributed by atoms with van der Waals surface area (Å²) >= 11 is 0. The molecule has 1 aliphatic carbocycles. The van der Waals surface area contributed by atoms with Crippen LogP contribution in [0.1, 0.15) is 39.2 Å². The number of piperazine rings is 1. The summed E-state index contributed by atoms with van der Waals surface area (Å²) in [5.74, 6) is 0. The molecule has 1 aromatic carbocycles. The second-order valence-electron chi connectivity index (χ2n) is 11.1. The zero-order valence-electron chi connectivity index (χ0n) is 21.1. The summed E-state index contributed by atoms with van der Waals surface area (Å²) in [4.78, 5) is 20.0. The van der Waals surface area contributed by atoms with Crippen molar-refractivity contribution in [3.8, 4) is 11.3 Å². The number of benzene rings is 1. The molecular weight excluding hydrogens is 462 g/mol. The lowest BCUT2D eigenvalue weighted by Crippen LogP contribution is -2.49. The van der Waals surface area contributed by atoms with E-state index in [-0.39, 0.29) is 16.4 Å². The van der Waals surface area contributed by atoms with Gasteiger partial charge >= 0.3 is 5.69 Å². The summed E-state index contributed by atoms with van der Waals surface area (Å²) in [6, 6.07) is 12.3. The van der Waals surface area contributed by atoms with Crippen molar-refractivity contribution in [2.45, 2.75) is 52.0 Å². The van der Waals surface area contributed by atoms with E-state index in [1.54, 1.807) is 15.9 Å². The molecule has 9 heteroatoms. The first-order chi connectivity index (χ1) is 16.5. The Hall–Kier alpha value is -2.49. The average Bonchev–Trinajstić information content (AvgIpc) is 3.65. The van der Waals surface area contributed by atoms with Crippen LogP contribution in [0.5, 0.6) is 0 Å². The molecule has 2 aliphatic rings. The van der Waals surface area contributed by atoms with E-state index in [4.69, 9.17) is 4.98 Å². The van der Waals surface area contributed by atoms with Crippen molar-refractivity contribution in [2.75, 3.05) is 26.2 Å². The Kier molecular flexibility index (Phi) is 6.14. The molecule has 8 nitrogen and oxygen atoms in total. The van der Waals surface area contributed by atoms with E-state index in [9.17, 15) is 13.2 Å². The van der Waals surface area contributed by atoms with Crippen LogP contribution in [0.2, 0.25) is 0 Å². The number of hydrogen-bond acceptors (Lipinski definition) is 5. The summed E-state index contributed by atoms with van der Waals surface area (Å²) in [5, 5.41) is -0.138. The number of imidazole rings is 1. The summed E-state index contributed by atoms with van der Waals surface area (Å²) < 4.78 is 30.1. The molecule has 3 aromatic rings. The summed E-state index contributed by atoms with van der Waals surface area (Å²) in [7, 11) is -1.31. The van der Waals surface area contributed by atoms with Gasteiger partial charge in [0.05, 0.1) is 16.5 Å². The van der Waals surface area contributed by atoms with Gasteiger partial charge in [0.15, 0.2) is 5.65 Å². The van der Waals surface area contributed by atoms with Crippen molar-refractivity contribution in [3.05, 3.63) is 52.4 Å². The predicted molar refractivity (Wildman–Crippen MR) is 139 cm³/mol. The molecule has 2 aromatic heterocycles. The van der Waals surface area contributed by atoms with Crippen molar-refractivity contribution in [1.82, 2.24) is 23.3 Å². The van der Waals surface area contributed by atoms with Gasteiger partial charge in [0, 0.05) is 51.9 Å². The molecule has 0 amide bonds. The smallest absolute Gasteiger partial charge is 0.296 e. The number of hydrogen-bond donors (Lipinski definition) is 0. The van der Waals surface area contributed by atoms with E-state index in [2.05, 4.69) is 37.8 Å². The third-order valence-corrected chi connectivity index (χ3v) is 9.28. The number of nitrogens with zero attached hydrogens (tertiary/aromatic N) is 5. The first-order valence-corrected chi connectivity index (χ1v) is 13.9. The number of aromatic nitrogens is 3. The van der Waals surface area contributed by atoms with Crippen LogP contribution in [-0.2, 0) is 30.2 Å². The molecule has 0 spiro atoms. The highest BCUT2D eigenvalue weighted by Crippen LogP contribution is 2.31. The van der Waals surface area contributed by atoms with E-state index in [0.717, 1.165) is 49.2 Å². The number of sulfonamides is 1. The Morgan fingerprint density at radius 2 is 1.74 bits per heavy atom. The predicted octanol–water partition coefficient (Wildman–Crippen LogP) is 3.06. The highest BCUT2D eigenvalue weighted by molar-refractivity contribution is 7.90. The van der Waals surface area contributed by atoms with Gasteiger partial charge < -0.3 is 0 Å². The molecule has 1 saturated heterocycles. The van der Waals surface area contributed by atoms with Crippen LogP contribution >= 0.6 is 0 Å². The van der Waals surface area contributed by atoms with E-state index in [1.165, 1.54) is 5.56 Å². The number of aryl methyl sites for hydroxylation is 1. The van der Waals surface area contributed by atoms with Gasteiger partial charge in [-0.05, 0) is 42.0 Å². The van der Waals surface area contributed by atoms with Crippen LogP contribution < -0.4 is 5.69 Å². The van der Waals surface area contributed by atoms with Crippen molar-refractivity contribution < 1.29 is 8.42 Å². The van der Waals surface area contributed by atoms with Crippen molar-refractivity contribution in [3.63, 3.8) is 0 Å². The summed E-state index contributed by atoms with van der Waals surface area (Å²) in [6.45, 7) is 10.4. The van der Waals surface area contributed by atoms with Gasteiger partial charge in [-0.1, -0.05) is 39.0 Å². The van der Waals surface area contributed by atoms with Gasteiger partial charge in [-0.15, -0.1) is 0 Å². The maximum atomic E-state index is 12.9. The van der Waals surface area contributed by atoms with E-state index in [0.29, 0.717) is 25.3 Å². The van der Waals surface area contributed by atoms with Crippen molar-refractivity contribution >= 4 is 21.2 Å². The van der Waals surface area contributed by atoms with Crippen LogP contribution in [-0.4, -0.2) is 63.2 Å². The molecule has 35 heavy (non-hydrogen) atoms. The third-order valence-electron chi connectivity index (χ3n) is 6.88. The molecule has 0 atom stereocenters. The van der Waals surface area contributed by atoms with E-state index in [1.807, 2.05) is 28.8 Å². The Balaban J connectivity index is 1.33. The highest BCUT2D eigenvalue weighted by Gasteiger charge is 2.40. The van der Waals surface area contributed by atoms with Gasteiger partial charge in [0.1, 0.15) is 0 Å². The maximum absolute atomic E-state index is 12.9. The average molecular weight is 498 g/mol. The minimum Gasteiger partial charge on any atom is -0.296 e. The van der Waals surface area contributed by atoms with Gasteiger partial charge in [0.25, 0.3) is 0 Å². The molecule has 188 valence electrons. The number of pyridine rings is 1. The second-order valence-corrected chi connectivity index (χ2v) is 13.4. The largest absolute Gasteiger partial charge is 0.330 e. The SMILES string of the molecule is Cn1c(=O)n(CC(C)(C)C)c2ccc(-c3cccc(CN4CCN(S(=O)(=O)C5CC5)CC4)c3)nc21. The minimum atomic E-state index is -3.09. The van der Waals surface area contributed by atoms with Crippen LogP contribution in [0.3, 0.4) is 0 Å². The van der Waals surface area contributed by atoms with Gasteiger partial charge in [-0.3, -0.25) is 14.0 Å². The summed E-state index contributed by atoms with van der Waals surface area (Å²) in [6.07, 6.45) is 1.62. The Bertz CT molecular complexity index is 1400. The molecule has 0 N–H and O–H groups in total. The molecular formula is C26H35N5O3S. The normalized spacial score (nSPS) is 18.4. The Morgan fingerprint density at radius 3 is 2.40 bits per heavy atom. The maximum Gasteiger partial charge on any atom is 0.330 e. The first-order valence-electron chi connectivity index (χ1n) is 12.4. The quantitative estimate of drug-likeness (QED) is 0.523. The molecule has 5 rings (SSSR count). The lowest BCUT2D eigenvalue weighted by molar-refractivity contribution is 0.181. The standard InChI is InChI=1S/C26H35N5O3S/c1-26(2,3)18-31-23-11-10-22(27-24(23)28(4)25(31)32)20-7-5-6-19(16-20)17-29-12-14-30(15-13-29)35(33,34)21-8-9-21/h5-7,10-11,16,21H,8-9,12-15,17-18H2,1-4H3. The van der Waals surface area contributed by atoms with Crippen molar-refractivity contribution in [2.24, 2.45) is 12.5 Å². The zero-order chi connectivity index (χ0) is 25.0. The zero-order valence-corrected chi connectivity index (χ0v) is 21.9. The molecule has 3 heterocycles.